The van der Waals surface area contributed by atoms with Crippen LogP contribution in [-0.4, -0.2) is 52.9 Å². The summed E-state index contributed by atoms with van der Waals surface area (Å²) in [5.41, 5.74) is 0. The van der Waals surface area contributed by atoms with Crippen molar-refractivity contribution in [1.29, 1.82) is 0 Å². The molecule has 1 rings (SSSR count). The summed E-state index contributed by atoms with van der Waals surface area (Å²) in [6, 6.07) is 0. The minimum Gasteiger partial charge on any atom is -0.441 e. The molecule has 0 aliphatic carbocycles. The van der Waals surface area contributed by atoms with Crippen molar-refractivity contribution < 1.29 is 34.7 Å². The third kappa shape index (κ3) is 3.50. The van der Waals surface area contributed by atoms with E-state index >= 15 is 0 Å². The molecule has 1 aliphatic heterocycles. The molecule has 0 aromatic carbocycles. The molecule has 12 heteroatoms. The Morgan fingerprint density at radius 2 is 2.12 bits per heavy atom. The van der Waals surface area contributed by atoms with E-state index in [1.165, 1.54) is 0 Å². The lowest BCUT2D eigenvalue weighted by Crippen LogP contribution is -2.45. The number of amides is 1. The van der Waals surface area contributed by atoms with Crippen LogP contribution in [0.4, 0.5) is 4.79 Å². The van der Waals surface area contributed by atoms with Gasteiger partial charge in [-0.25, -0.2) is 10.6 Å². The summed E-state index contributed by atoms with van der Waals surface area (Å²) in [6.45, 7) is -0.380. The van der Waals surface area contributed by atoms with Crippen molar-refractivity contribution in [3.05, 3.63) is 0 Å². The van der Waals surface area contributed by atoms with Gasteiger partial charge in [0.15, 0.2) is 0 Å². The molecule has 10 nitrogen and oxygen atoms in total. The molecule has 0 spiro atoms. The second-order valence-corrected chi connectivity index (χ2v) is 6.20. The van der Waals surface area contributed by atoms with Crippen molar-refractivity contribution in [2.24, 2.45) is 5.84 Å². The van der Waals surface area contributed by atoms with Gasteiger partial charge in [-0.3, -0.25) is 8.37 Å². The van der Waals surface area contributed by atoms with Gasteiger partial charge in [-0.1, -0.05) is 0 Å². The highest BCUT2D eigenvalue weighted by atomic mass is 32.2. The number of nitrogens with zero attached hydrogens (tertiary/aromatic N) is 1. The number of hydrazine groups is 1. The van der Waals surface area contributed by atoms with E-state index in [0.29, 0.717) is 0 Å². The summed E-state index contributed by atoms with van der Waals surface area (Å²) < 4.78 is 56.1. The zero-order chi connectivity index (χ0) is 13.3. The van der Waals surface area contributed by atoms with E-state index in [-0.39, 0.29) is 11.0 Å². The maximum absolute atomic E-state index is 11.2. The quantitative estimate of drug-likeness (QED) is 0.268. The summed E-state index contributed by atoms with van der Waals surface area (Å²) >= 11 is 0. The van der Waals surface area contributed by atoms with Gasteiger partial charge in [-0.2, -0.15) is 16.8 Å². The molecule has 0 radical (unpaired) electrons. The molecule has 1 aliphatic rings. The van der Waals surface area contributed by atoms with E-state index in [0.717, 1.165) is 7.11 Å². The third-order valence-corrected chi connectivity index (χ3v) is 4.05. The normalized spacial score (nSPS) is 23.3. The summed E-state index contributed by atoms with van der Waals surface area (Å²) in [5, 5.41) is 0. The van der Waals surface area contributed by atoms with Crippen LogP contribution in [0, 0.1) is 0 Å². The van der Waals surface area contributed by atoms with Crippen molar-refractivity contribution in [3.8, 4) is 0 Å². The van der Waals surface area contributed by atoms with Crippen LogP contribution in [0.15, 0.2) is 0 Å². The summed E-state index contributed by atoms with van der Waals surface area (Å²) in [4.78, 5) is 11.2. The molecule has 1 heterocycles. The maximum Gasteiger partial charge on any atom is 0.440 e. The van der Waals surface area contributed by atoms with Gasteiger partial charge in [-0.05, 0) is 0 Å². The van der Waals surface area contributed by atoms with Gasteiger partial charge < -0.3 is 4.74 Å². The first-order valence-corrected chi connectivity index (χ1v) is 7.05. The Balaban J connectivity index is 2.63. The van der Waals surface area contributed by atoms with Gasteiger partial charge in [-0.15, -0.1) is 4.41 Å². The molecule has 1 atom stereocenters. The Hall–Kier alpha value is -0.950. The van der Waals surface area contributed by atoms with Gasteiger partial charge in [0.25, 0.3) is 10.1 Å². The van der Waals surface area contributed by atoms with E-state index in [9.17, 15) is 21.6 Å². The fourth-order valence-corrected chi connectivity index (χ4v) is 2.40. The number of carbonyl (C=O) groups is 1. The lowest BCUT2D eigenvalue weighted by molar-refractivity contribution is 0.0759. The summed E-state index contributed by atoms with van der Waals surface area (Å²) in [6.07, 6.45) is -2.57. The van der Waals surface area contributed by atoms with E-state index in [1.54, 1.807) is 0 Å². The summed E-state index contributed by atoms with van der Waals surface area (Å²) in [5.74, 6) is 4.35. The Morgan fingerprint density at radius 3 is 2.53 bits per heavy atom. The summed E-state index contributed by atoms with van der Waals surface area (Å²) in [7, 11) is -7.35. The van der Waals surface area contributed by atoms with Crippen LogP contribution in [0.2, 0.25) is 0 Å². The number of nitrogens with two attached hydrogens (primary N) is 1. The highest BCUT2D eigenvalue weighted by Crippen LogP contribution is 2.13. The zero-order valence-electron chi connectivity index (χ0n) is 8.60. The highest BCUT2D eigenvalue weighted by molar-refractivity contribution is 7.87. The smallest absolute Gasteiger partial charge is 0.440 e. The molecule has 1 saturated heterocycles. The molecule has 1 unspecified atom stereocenters. The second kappa shape index (κ2) is 4.73. The van der Waals surface area contributed by atoms with E-state index in [4.69, 9.17) is 5.84 Å². The first kappa shape index (κ1) is 14.1. The van der Waals surface area contributed by atoms with E-state index in [2.05, 4.69) is 13.1 Å². The fraction of sp³-hybridized carbons (Fsp3) is 0.800. The van der Waals surface area contributed by atoms with Crippen LogP contribution >= 0.6 is 0 Å². The molecule has 2 N–H and O–H groups in total. The first-order valence-electron chi connectivity index (χ1n) is 4.11. The topological polar surface area (TPSA) is 142 Å². The lowest BCUT2D eigenvalue weighted by Gasteiger charge is -2.16. The zero-order valence-corrected chi connectivity index (χ0v) is 10.2. The molecule has 1 amide bonds. The standard InChI is InChI=1S/C5H10N2O8S2/c1-13-17(11,12)7(6)5(8)15-4-2-14-16(9,10)3-4/h4H,2-3,6H2,1H3. The second-order valence-electron chi connectivity index (χ2n) is 2.93. The molecule has 0 saturated carbocycles. The van der Waals surface area contributed by atoms with Crippen molar-refractivity contribution >= 4 is 26.5 Å². The number of carbonyl (C=O) groups excluding carboxylic acids is 1. The highest BCUT2D eigenvalue weighted by Gasteiger charge is 2.35. The molecule has 0 aromatic heterocycles. The maximum atomic E-state index is 11.2. The average Bonchev–Trinajstić information content (AvgIpc) is 2.56. The number of rotatable bonds is 3. The van der Waals surface area contributed by atoms with Gasteiger partial charge in [0.2, 0.25) is 0 Å². The van der Waals surface area contributed by atoms with Crippen LogP contribution in [0.3, 0.4) is 0 Å². The molecule has 17 heavy (non-hydrogen) atoms. The average molecular weight is 290 g/mol. The number of ether oxygens (including phenoxy) is 1. The molecule has 100 valence electrons. The van der Waals surface area contributed by atoms with Crippen LogP contribution in [0.1, 0.15) is 0 Å². The monoisotopic (exact) mass is 290 g/mol. The Bertz CT molecular complexity index is 496. The fourth-order valence-electron chi connectivity index (χ4n) is 0.938. The van der Waals surface area contributed by atoms with E-state index in [1.807, 2.05) is 0 Å². The Labute approximate surface area is 97.6 Å². The molecular formula is C5H10N2O8S2. The Morgan fingerprint density at radius 1 is 1.53 bits per heavy atom. The van der Waals surface area contributed by atoms with Crippen molar-refractivity contribution in [1.82, 2.24) is 4.41 Å². The van der Waals surface area contributed by atoms with Crippen LogP contribution in [0.5, 0.6) is 0 Å². The van der Waals surface area contributed by atoms with Crippen LogP contribution in [0.25, 0.3) is 0 Å². The largest absolute Gasteiger partial charge is 0.441 e. The predicted molar refractivity (Wildman–Crippen MR) is 52.0 cm³/mol. The lowest BCUT2D eigenvalue weighted by atomic mass is 10.4. The molecule has 0 aromatic rings. The van der Waals surface area contributed by atoms with Crippen molar-refractivity contribution in [2.45, 2.75) is 6.10 Å². The van der Waals surface area contributed by atoms with Gasteiger partial charge in [0.1, 0.15) is 18.5 Å². The minimum atomic E-state index is -4.42. The van der Waals surface area contributed by atoms with Crippen molar-refractivity contribution in [2.75, 3.05) is 19.5 Å². The van der Waals surface area contributed by atoms with Crippen LogP contribution < -0.4 is 5.84 Å². The number of hydrogen-bond donors (Lipinski definition) is 1. The van der Waals surface area contributed by atoms with Crippen molar-refractivity contribution in [3.63, 3.8) is 0 Å². The third-order valence-electron chi connectivity index (χ3n) is 1.72. The van der Waals surface area contributed by atoms with Gasteiger partial charge >= 0.3 is 16.4 Å². The molecular weight excluding hydrogens is 280 g/mol. The molecule has 0 bridgehead atoms. The SMILES string of the molecule is COS(=O)(=O)N(N)C(=O)OC1COS(=O)(=O)C1. The Kier molecular flexibility index (Phi) is 3.93. The van der Waals surface area contributed by atoms with Gasteiger partial charge in [0, 0.05) is 0 Å². The number of hydrogen-bond acceptors (Lipinski definition) is 9. The minimum absolute atomic E-state index is 0.280. The predicted octanol–water partition coefficient (Wildman–Crippen LogP) is -2.08. The molecule has 1 fully saturated rings. The van der Waals surface area contributed by atoms with Gasteiger partial charge in [0.05, 0.1) is 7.11 Å². The van der Waals surface area contributed by atoms with E-state index < -0.39 is 38.4 Å². The van der Waals surface area contributed by atoms with Crippen LogP contribution in [-0.2, 0) is 33.5 Å². The first-order chi connectivity index (χ1) is 7.68.